The maximum Gasteiger partial charge on any atom is 0.201 e. The van der Waals surface area contributed by atoms with Gasteiger partial charge in [0.15, 0.2) is 40.3 Å². The van der Waals surface area contributed by atoms with Crippen molar-refractivity contribution in [2.24, 2.45) is 0 Å². The van der Waals surface area contributed by atoms with Gasteiger partial charge in [0.1, 0.15) is 57.6 Å². The molecule has 11 aromatic rings. The summed E-state index contributed by atoms with van der Waals surface area (Å²) >= 11 is 0. The largest absolute Gasteiger partial charge is 0.508 e. The van der Waals surface area contributed by atoms with Crippen molar-refractivity contribution in [2.75, 3.05) is 0 Å². The monoisotopic (exact) mass is 818 g/mol. The minimum atomic E-state index is -0.858. The van der Waals surface area contributed by atoms with Gasteiger partial charge in [0, 0.05) is 27.6 Å². The molecule has 0 aliphatic rings. The van der Waals surface area contributed by atoms with Gasteiger partial charge in [-0.2, -0.15) is 0 Å². The van der Waals surface area contributed by atoms with Crippen LogP contribution >= 0.6 is 0 Å². The maximum atomic E-state index is 12.6. The number of fused-ring (bicyclic) bond motifs is 10. The van der Waals surface area contributed by atoms with Gasteiger partial charge in [0.2, 0.25) is 11.5 Å². The van der Waals surface area contributed by atoms with Gasteiger partial charge in [-0.25, -0.2) is 15.0 Å². The molecule has 0 aliphatic heterocycles. The number of phenolic OH excluding ortho intramolecular Hbond substituents is 9. The summed E-state index contributed by atoms with van der Waals surface area (Å²) in [5.74, 6) is -4.28. The second kappa shape index (κ2) is 12.5. The third-order valence-corrected chi connectivity index (χ3v) is 12.1. The zero-order chi connectivity index (χ0) is 43.2. The predicted molar refractivity (Wildman–Crippen MR) is 243 cm³/mol. The Hall–Kier alpha value is -8.46. The van der Waals surface area contributed by atoms with Crippen LogP contribution in [0.15, 0.2) is 89.3 Å². The van der Waals surface area contributed by atoms with Crippen LogP contribution < -0.4 is 16.4 Å². The van der Waals surface area contributed by atoms with Crippen LogP contribution in [-0.2, 0) is 0 Å². The Bertz CT molecular complexity index is 3730. The number of nitrogens with zero attached hydrogens (tertiary/aromatic N) is 4. The third-order valence-electron chi connectivity index (χ3n) is 12.1. The van der Waals surface area contributed by atoms with E-state index in [2.05, 4.69) is 0 Å². The first kappa shape index (κ1) is 36.6. The lowest BCUT2D eigenvalue weighted by atomic mass is 9.83. The lowest BCUT2D eigenvalue weighted by molar-refractivity contribution is 0.373. The van der Waals surface area contributed by atoms with Gasteiger partial charge < -0.3 is 54.8 Å². The molecule has 4 aromatic heterocycles. The number of aromatic nitrogens is 4. The molecule has 0 radical (unpaired) electrons. The molecule has 0 saturated heterocycles. The summed E-state index contributed by atoms with van der Waals surface area (Å²) in [6, 6.07) is 26.0. The minimum absolute atomic E-state index is 0.0634. The Kier molecular flexibility index (Phi) is 7.40. The Balaban J connectivity index is 1.26. The van der Waals surface area contributed by atoms with Crippen molar-refractivity contribution in [1.82, 2.24) is 19.4 Å². The number of furan rings is 1. The molecule has 11 rings (SSSR count). The lowest BCUT2D eigenvalue weighted by Crippen LogP contribution is -2.09. The van der Waals surface area contributed by atoms with Crippen molar-refractivity contribution in [3.8, 4) is 97.0 Å². The highest BCUT2D eigenvalue weighted by Crippen LogP contribution is 2.58. The van der Waals surface area contributed by atoms with Crippen molar-refractivity contribution in [2.45, 2.75) is 0 Å². The van der Waals surface area contributed by atoms with E-state index < -0.39 is 46.0 Å². The van der Waals surface area contributed by atoms with Crippen LogP contribution in [0.3, 0.4) is 0 Å². The van der Waals surface area contributed by atoms with Crippen LogP contribution in [0.1, 0.15) is 0 Å². The van der Waals surface area contributed by atoms with E-state index in [0.717, 1.165) is 11.1 Å². The van der Waals surface area contributed by atoms with E-state index >= 15 is 0 Å². The standard InChI is InChI=1S/C45H29B3N4O10/c46-26-19(17-12-7-13-18(14-17)45-50-43(15-8-3-1-4-9-15)49-44(51-45)16-10-5-2-6-11-16)32(53)22-21-29-23(20-27(47)36(57)39(60)38(59)30(20)52(29)31(22)35(26)56)41-24(33(21)54)25-34(55)28(48)37(58)40(61)42(25)62-41/h1-14,53-61H,46-48H2. The average Bonchev–Trinajstić information content (AvgIpc) is 3.98. The van der Waals surface area contributed by atoms with E-state index in [-0.39, 0.29) is 87.7 Å². The number of hydrogen-bond acceptors (Lipinski definition) is 13. The summed E-state index contributed by atoms with van der Waals surface area (Å²) in [6.07, 6.45) is 0. The molecule has 0 spiro atoms. The second-order valence-electron chi connectivity index (χ2n) is 15.4. The molecule has 298 valence electrons. The predicted octanol–water partition coefficient (Wildman–Crippen LogP) is 3.71. The highest BCUT2D eigenvalue weighted by molar-refractivity contribution is 6.50. The van der Waals surface area contributed by atoms with Gasteiger partial charge in [-0.05, 0) is 28.0 Å². The summed E-state index contributed by atoms with van der Waals surface area (Å²) in [5, 5.41) is 104. The summed E-state index contributed by atoms with van der Waals surface area (Å²) in [5.41, 5.74) is 2.25. The van der Waals surface area contributed by atoms with Crippen LogP contribution in [0.25, 0.3) is 105 Å². The summed E-state index contributed by atoms with van der Waals surface area (Å²) < 4.78 is 7.51. The highest BCUT2D eigenvalue weighted by Gasteiger charge is 2.36. The summed E-state index contributed by atoms with van der Waals surface area (Å²) in [4.78, 5) is 14.5. The van der Waals surface area contributed by atoms with E-state index in [1.807, 2.05) is 66.7 Å². The van der Waals surface area contributed by atoms with Gasteiger partial charge in [-0.3, -0.25) is 0 Å². The van der Waals surface area contributed by atoms with E-state index in [4.69, 9.17) is 19.4 Å². The number of benzene rings is 7. The highest BCUT2D eigenvalue weighted by atomic mass is 16.4. The quantitative estimate of drug-likeness (QED) is 0.0701. The van der Waals surface area contributed by atoms with Crippen LogP contribution in [-0.4, -0.2) is 88.9 Å². The van der Waals surface area contributed by atoms with Crippen molar-refractivity contribution in [3.63, 3.8) is 0 Å². The number of phenols is 9. The fourth-order valence-corrected chi connectivity index (χ4v) is 9.04. The molecule has 0 amide bonds. The average molecular weight is 818 g/mol. The molecular formula is C45H29B3N4O10. The van der Waals surface area contributed by atoms with Gasteiger partial charge in [-0.15, -0.1) is 0 Å². The fraction of sp³-hybridized carbons (Fsp3) is 0. The molecule has 0 unspecified atom stereocenters. The minimum Gasteiger partial charge on any atom is -0.508 e. The van der Waals surface area contributed by atoms with Crippen molar-refractivity contribution in [3.05, 3.63) is 84.9 Å². The smallest absolute Gasteiger partial charge is 0.201 e. The molecule has 4 heterocycles. The Morgan fingerprint density at radius 2 is 0.887 bits per heavy atom. The molecular weight excluding hydrogens is 789 g/mol. The molecule has 17 heteroatoms. The fourth-order valence-electron chi connectivity index (χ4n) is 9.04. The molecule has 0 fully saturated rings. The van der Waals surface area contributed by atoms with E-state index in [0.29, 0.717) is 28.6 Å². The lowest BCUT2D eigenvalue weighted by Gasteiger charge is -2.16. The topological polar surface area (TPSA) is 238 Å². The van der Waals surface area contributed by atoms with Crippen LogP contribution in [0.2, 0.25) is 0 Å². The Morgan fingerprint density at radius 1 is 0.371 bits per heavy atom. The SMILES string of the molecule is Bc1c(O)c(O)c2oc3c(c(O)c4c5c(O)c(-c6cccc(-c7nc(-c8ccccc8)nc(-c8ccccc8)n7)c6)c(B)c(O)c5n5c6c(O)c(O)c(O)c(B)c6c3c45)c2c1O. The zero-order valence-corrected chi connectivity index (χ0v) is 32.8. The van der Waals surface area contributed by atoms with Gasteiger partial charge >= 0.3 is 0 Å². The van der Waals surface area contributed by atoms with Crippen LogP contribution in [0.5, 0.6) is 51.7 Å². The van der Waals surface area contributed by atoms with Gasteiger partial charge in [0.25, 0.3) is 0 Å². The number of aromatic hydroxyl groups is 9. The van der Waals surface area contributed by atoms with Crippen molar-refractivity contribution < 1.29 is 50.4 Å². The van der Waals surface area contributed by atoms with Crippen molar-refractivity contribution in [1.29, 1.82) is 0 Å². The molecule has 62 heavy (non-hydrogen) atoms. The van der Waals surface area contributed by atoms with E-state index in [1.165, 1.54) is 20.1 Å². The molecule has 7 aromatic carbocycles. The maximum absolute atomic E-state index is 12.6. The Morgan fingerprint density at radius 3 is 1.52 bits per heavy atom. The number of hydrogen-bond donors (Lipinski definition) is 9. The molecule has 9 N–H and O–H groups in total. The van der Waals surface area contributed by atoms with Gasteiger partial charge in [-0.1, -0.05) is 78.9 Å². The van der Waals surface area contributed by atoms with E-state index in [9.17, 15) is 46.0 Å². The first-order chi connectivity index (χ1) is 29.8. The first-order valence-electron chi connectivity index (χ1n) is 19.3. The van der Waals surface area contributed by atoms with E-state index in [1.54, 1.807) is 26.0 Å². The summed E-state index contributed by atoms with van der Waals surface area (Å²) in [7, 11) is 4.43. The molecule has 0 bridgehead atoms. The van der Waals surface area contributed by atoms with Gasteiger partial charge in [0.05, 0.1) is 38.0 Å². The second-order valence-corrected chi connectivity index (χ2v) is 15.4. The van der Waals surface area contributed by atoms with Crippen LogP contribution in [0.4, 0.5) is 0 Å². The number of rotatable bonds is 4. The zero-order valence-electron chi connectivity index (χ0n) is 32.8. The first-order valence-corrected chi connectivity index (χ1v) is 19.3. The van der Waals surface area contributed by atoms with Crippen LogP contribution in [0, 0.1) is 0 Å². The summed E-state index contributed by atoms with van der Waals surface area (Å²) in [6.45, 7) is 0. The normalized spacial score (nSPS) is 12.0. The molecule has 0 atom stereocenters. The molecule has 14 nitrogen and oxygen atoms in total. The molecule has 0 aliphatic carbocycles. The Labute approximate surface area is 350 Å². The third kappa shape index (κ3) is 4.58. The molecule has 0 saturated carbocycles. The van der Waals surface area contributed by atoms with Crippen molar-refractivity contribution >= 4 is 100.0 Å².